The van der Waals surface area contributed by atoms with Crippen LogP contribution in [0, 0.1) is 0 Å². The molecule has 2 aromatic carbocycles. The first-order valence-electron chi connectivity index (χ1n) is 7.72. The van der Waals surface area contributed by atoms with Crippen LogP contribution in [0.4, 0.5) is 0 Å². The van der Waals surface area contributed by atoms with Crippen molar-refractivity contribution in [1.29, 1.82) is 0 Å². The standard InChI is InChI=1S/C18H18N2O5/c1-25-12-8-6-11(7-9-12)10-19-16(21)15-13-4-2-3-5-14(13)17(22)20(24)18(15)23/h2-9,15,17,22,24H,10H2,1H3,(H,19,21). The van der Waals surface area contributed by atoms with E-state index in [2.05, 4.69) is 5.32 Å². The van der Waals surface area contributed by atoms with Crippen molar-refractivity contribution in [1.82, 2.24) is 10.4 Å². The van der Waals surface area contributed by atoms with Crippen LogP contribution >= 0.6 is 0 Å². The largest absolute Gasteiger partial charge is 0.497 e. The van der Waals surface area contributed by atoms with Gasteiger partial charge >= 0.3 is 0 Å². The number of nitrogens with one attached hydrogen (secondary N) is 1. The highest BCUT2D eigenvalue weighted by molar-refractivity contribution is 6.06. The second kappa shape index (κ2) is 6.92. The molecule has 25 heavy (non-hydrogen) atoms. The van der Waals surface area contributed by atoms with Crippen molar-refractivity contribution >= 4 is 11.8 Å². The highest BCUT2D eigenvalue weighted by Crippen LogP contribution is 2.34. The molecule has 3 N–H and O–H groups in total. The number of carbonyl (C=O) groups excluding carboxylic acids is 2. The molecule has 1 heterocycles. The summed E-state index contributed by atoms with van der Waals surface area (Å²) >= 11 is 0. The zero-order valence-electron chi connectivity index (χ0n) is 13.5. The lowest BCUT2D eigenvalue weighted by Gasteiger charge is -2.33. The number of hydrogen-bond donors (Lipinski definition) is 3. The maximum Gasteiger partial charge on any atom is 0.265 e. The summed E-state index contributed by atoms with van der Waals surface area (Å²) in [5, 5.41) is 22.7. The molecule has 7 heteroatoms. The van der Waals surface area contributed by atoms with E-state index < -0.39 is 24.0 Å². The van der Waals surface area contributed by atoms with Gasteiger partial charge in [0, 0.05) is 12.1 Å². The molecular weight excluding hydrogens is 324 g/mol. The number of carbonyl (C=O) groups is 2. The Kier molecular flexibility index (Phi) is 4.69. The summed E-state index contributed by atoms with van der Waals surface area (Å²) in [6.07, 6.45) is -1.48. The third-order valence-electron chi connectivity index (χ3n) is 4.18. The van der Waals surface area contributed by atoms with Crippen molar-refractivity contribution < 1.29 is 24.6 Å². The molecule has 7 nitrogen and oxygen atoms in total. The molecule has 2 atom stereocenters. The fraction of sp³-hybridized carbons (Fsp3) is 0.222. The molecule has 2 amide bonds. The minimum Gasteiger partial charge on any atom is -0.497 e. The Morgan fingerprint density at radius 2 is 1.80 bits per heavy atom. The third kappa shape index (κ3) is 3.19. The smallest absolute Gasteiger partial charge is 0.265 e. The van der Waals surface area contributed by atoms with Gasteiger partial charge in [0.05, 0.1) is 7.11 Å². The maximum atomic E-state index is 12.5. The highest BCUT2D eigenvalue weighted by Gasteiger charge is 2.42. The summed E-state index contributed by atoms with van der Waals surface area (Å²) in [4.78, 5) is 24.8. The van der Waals surface area contributed by atoms with E-state index in [1.165, 1.54) is 0 Å². The summed E-state index contributed by atoms with van der Waals surface area (Å²) < 4.78 is 5.08. The van der Waals surface area contributed by atoms with Crippen LogP contribution in [0.25, 0.3) is 0 Å². The summed E-state index contributed by atoms with van der Waals surface area (Å²) in [6, 6.07) is 13.7. The molecule has 0 saturated carbocycles. The summed E-state index contributed by atoms with van der Waals surface area (Å²) in [5.74, 6) is -1.91. The first-order valence-corrected chi connectivity index (χ1v) is 7.72. The Hall–Kier alpha value is -2.90. The Labute approximate surface area is 144 Å². The lowest BCUT2D eigenvalue weighted by atomic mass is 9.88. The number of methoxy groups -OCH3 is 1. The van der Waals surface area contributed by atoms with Crippen LogP contribution in [-0.2, 0) is 16.1 Å². The van der Waals surface area contributed by atoms with E-state index in [1.807, 2.05) is 0 Å². The van der Waals surface area contributed by atoms with Gasteiger partial charge in [0.25, 0.3) is 5.91 Å². The van der Waals surface area contributed by atoms with Gasteiger partial charge in [-0.1, -0.05) is 36.4 Å². The molecule has 0 spiro atoms. The predicted octanol–water partition coefficient (Wildman–Crippen LogP) is 1.32. The summed E-state index contributed by atoms with van der Waals surface area (Å²) in [7, 11) is 1.57. The van der Waals surface area contributed by atoms with Crippen molar-refractivity contribution in [2.75, 3.05) is 7.11 Å². The Bertz CT molecular complexity index is 790. The topological polar surface area (TPSA) is 99.1 Å². The molecule has 0 radical (unpaired) electrons. The van der Waals surface area contributed by atoms with Crippen molar-refractivity contribution in [2.24, 2.45) is 0 Å². The van der Waals surface area contributed by atoms with Crippen LogP contribution in [0.3, 0.4) is 0 Å². The number of rotatable bonds is 4. The quantitative estimate of drug-likeness (QED) is 0.575. The lowest BCUT2D eigenvalue weighted by Crippen LogP contribution is -2.46. The van der Waals surface area contributed by atoms with Crippen LogP contribution in [0.5, 0.6) is 5.75 Å². The van der Waals surface area contributed by atoms with E-state index in [4.69, 9.17) is 4.74 Å². The first kappa shape index (κ1) is 16.9. The first-order chi connectivity index (χ1) is 12.0. The van der Waals surface area contributed by atoms with Crippen LogP contribution in [0.1, 0.15) is 28.8 Å². The van der Waals surface area contributed by atoms with E-state index >= 15 is 0 Å². The molecule has 2 unspecified atom stereocenters. The van der Waals surface area contributed by atoms with Crippen LogP contribution in [0.15, 0.2) is 48.5 Å². The average molecular weight is 342 g/mol. The highest BCUT2D eigenvalue weighted by atomic mass is 16.5. The van der Waals surface area contributed by atoms with E-state index in [1.54, 1.807) is 55.6 Å². The Morgan fingerprint density at radius 3 is 2.44 bits per heavy atom. The van der Waals surface area contributed by atoms with Gasteiger partial charge in [-0.3, -0.25) is 14.8 Å². The van der Waals surface area contributed by atoms with Gasteiger partial charge in [0.1, 0.15) is 11.7 Å². The molecule has 1 aliphatic rings. The molecule has 3 rings (SSSR count). The second-order valence-corrected chi connectivity index (χ2v) is 5.68. The van der Waals surface area contributed by atoms with Gasteiger partial charge in [0.15, 0.2) is 6.23 Å². The number of amides is 2. The minimum atomic E-state index is -1.48. The van der Waals surface area contributed by atoms with Crippen molar-refractivity contribution in [3.05, 3.63) is 65.2 Å². The van der Waals surface area contributed by atoms with E-state index in [-0.39, 0.29) is 11.6 Å². The molecule has 2 aromatic rings. The normalized spacial score (nSPS) is 19.3. The SMILES string of the molecule is COc1ccc(CNC(=O)C2C(=O)N(O)C(O)c3ccccc32)cc1. The van der Waals surface area contributed by atoms with Gasteiger partial charge in [-0.2, -0.15) is 5.06 Å². The van der Waals surface area contributed by atoms with Gasteiger partial charge < -0.3 is 15.2 Å². The fourth-order valence-electron chi connectivity index (χ4n) is 2.81. The van der Waals surface area contributed by atoms with E-state index in [0.717, 1.165) is 5.56 Å². The minimum absolute atomic E-state index is 0.194. The zero-order chi connectivity index (χ0) is 18.0. The Balaban J connectivity index is 1.78. The number of benzene rings is 2. The molecule has 0 bridgehead atoms. The number of nitrogens with zero attached hydrogens (tertiary/aromatic N) is 1. The van der Waals surface area contributed by atoms with Crippen LogP contribution < -0.4 is 10.1 Å². The lowest BCUT2D eigenvalue weighted by molar-refractivity contribution is -0.213. The molecule has 0 saturated heterocycles. The number of aliphatic hydroxyl groups excluding tert-OH is 1. The summed E-state index contributed by atoms with van der Waals surface area (Å²) in [5.41, 5.74) is 1.55. The number of hydrogen-bond acceptors (Lipinski definition) is 5. The Morgan fingerprint density at radius 1 is 1.16 bits per heavy atom. The molecule has 1 aliphatic heterocycles. The van der Waals surface area contributed by atoms with Gasteiger partial charge in [0.2, 0.25) is 5.91 Å². The predicted molar refractivity (Wildman–Crippen MR) is 87.6 cm³/mol. The number of hydroxylamine groups is 2. The van der Waals surface area contributed by atoms with Crippen molar-refractivity contribution in [2.45, 2.75) is 18.7 Å². The molecule has 0 aliphatic carbocycles. The monoisotopic (exact) mass is 342 g/mol. The molecule has 130 valence electrons. The molecule has 0 fully saturated rings. The van der Waals surface area contributed by atoms with Crippen molar-refractivity contribution in [3.63, 3.8) is 0 Å². The summed E-state index contributed by atoms with van der Waals surface area (Å²) in [6.45, 7) is 0.225. The third-order valence-corrected chi connectivity index (χ3v) is 4.18. The average Bonchev–Trinajstić information content (AvgIpc) is 2.65. The van der Waals surface area contributed by atoms with Gasteiger partial charge in [-0.05, 0) is 23.3 Å². The number of ether oxygens (including phenoxy) is 1. The van der Waals surface area contributed by atoms with Crippen LogP contribution in [0.2, 0.25) is 0 Å². The molecule has 0 aromatic heterocycles. The fourth-order valence-corrected chi connectivity index (χ4v) is 2.81. The van der Waals surface area contributed by atoms with Crippen LogP contribution in [-0.4, -0.2) is 34.3 Å². The maximum absolute atomic E-state index is 12.5. The van der Waals surface area contributed by atoms with Gasteiger partial charge in [-0.25, -0.2) is 0 Å². The van der Waals surface area contributed by atoms with Gasteiger partial charge in [-0.15, -0.1) is 0 Å². The zero-order valence-corrected chi connectivity index (χ0v) is 13.5. The number of aliphatic hydroxyl groups is 1. The van der Waals surface area contributed by atoms with E-state index in [9.17, 15) is 19.9 Å². The van der Waals surface area contributed by atoms with Crippen molar-refractivity contribution in [3.8, 4) is 5.75 Å². The van der Waals surface area contributed by atoms with E-state index in [0.29, 0.717) is 16.9 Å². The number of fused-ring (bicyclic) bond motifs is 1. The second-order valence-electron chi connectivity index (χ2n) is 5.68. The molecular formula is C18H18N2O5.